The van der Waals surface area contributed by atoms with Gasteiger partial charge in [-0.25, -0.2) is 9.67 Å². The molecule has 0 unspecified atom stereocenters. The van der Waals surface area contributed by atoms with E-state index in [9.17, 15) is 9.90 Å². The normalized spacial score (nSPS) is 24.0. The fourth-order valence-electron chi connectivity index (χ4n) is 2.28. The lowest BCUT2D eigenvalue weighted by molar-refractivity contribution is -0.116. The maximum Gasteiger partial charge on any atom is 0.159 e. The second-order valence-corrected chi connectivity index (χ2v) is 4.18. The number of nitrogens with zero attached hydrogens (tertiary/aromatic N) is 3. The van der Waals surface area contributed by atoms with Gasteiger partial charge in [-0.2, -0.15) is 5.10 Å². The van der Waals surface area contributed by atoms with Gasteiger partial charge >= 0.3 is 0 Å². The molecule has 2 atom stereocenters. The van der Waals surface area contributed by atoms with E-state index in [4.69, 9.17) is 4.42 Å². The molecule has 0 fully saturated rings. The fraction of sp³-hybridized carbons (Fsp3) is 0.250. The first-order chi connectivity index (χ1) is 8.75. The number of ketones is 1. The van der Waals surface area contributed by atoms with Gasteiger partial charge in [0.15, 0.2) is 5.78 Å². The van der Waals surface area contributed by atoms with Crippen LogP contribution in [-0.2, 0) is 4.79 Å². The first-order valence-electron chi connectivity index (χ1n) is 5.56. The van der Waals surface area contributed by atoms with E-state index in [1.165, 1.54) is 23.4 Å². The summed E-state index contributed by atoms with van der Waals surface area (Å²) in [6.45, 7) is 0. The van der Waals surface area contributed by atoms with Gasteiger partial charge in [-0.1, -0.05) is 0 Å². The van der Waals surface area contributed by atoms with Crippen molar-refractivity contribution in [2.24, 2.45) is 0 Å². The van der Waals surface area contributed by atoms with E-state index in [-0.39, 0.29) is 23.9 Å². The van der Waals surface area contributed by atoms with Gasteiger partial charge in [0.05, 0.1) is 12.2 Å². The summed E-state index contributed by atoms with van der Waals surface area (Å²) in [6.07, 6.45) is 5.98. The molecule has 0 spiro atoms. The molecule has 2 aromatic heterocycles. The Morgan fingerprint density at radius 1 is 1.50 bits per heavy atom. The summed E-state index contributed by atoms with van der Waals surface area (Å²) in [7, 11) is 0. The van der Waals surface area contributed by atoms with E-state index < -0.39 is 6.04 Å². The van der Waals surface area contributed by atoms with Crippen molar-refractivity contribution in [3.05, 3.63) is 48.6 Å². The van der Waals surface area contributed by atoms with Crippen LogP contribution in [0.25, 0.3) is 0 Å². The summed E-state index contributed by atoms with van der Waals surface area (Å²) >= 11 is 0. The average Bonchev–Trinajstić information content (AvgIpc) is 3.01. The highest BCUT2D eigenvalue weighted by atomic mass is 16.3. The summed E-state index contributed by atoms with van der Waals surface area (Å²) in [6, 6.07) is 3.10. The Hall–Kier alpha value is -2.37. The Bertz CT molecular complexity index is 572. The molecule has 1 aliphatic rings. The van der Waals surface area contributed by atoms with Crippen LogP contribution in [0.1, 0.15) is 24.1 Å². The Morgan fingerprint density at radius 2 is 2.39 bits per heavy atom. The Balaban J connectivity index is 2.05. The molecule has 0 radical (unpaired) electrons. The molecule has 0 amide bonds. The van der Waals surface area contributed by atoms with Gasteiger partial charge in [-0.05, 0) is 12.1 Å². The highest BCUT2D eigenvalue weighted by molar-refractivity contribution is 5.91. The average molecular weight is 245 g/mol. The van der Waals surface area contributed by atoms with Crippen LogP contribution in [0.5, 0.6) is 0 Å². The molecule has 1 aliphatic carbocycles. The standard InChI is InChI=1S/C12H11N3O3/c16-8-4-9(11-2-1-3-18-11)12(10(17)5-8)15-7-13-6-14-15/h1-3,5-7,9,12,17H,4H2/t9-,12-/m1/s1. The second kappa shape index (κ2) is 4.14. The molecule has 0 aromatic carbocycles. The summed E-state index contributed by atoms with van der Waals surface area (Å²) in [4.78, 5) is 15.4. The van der Waals surface area contributed by atoms with Crippen molar-refractivity contribution in [1.82, 2.24) is 14.8 Å². The van der Waals surface area contributed by atoms with Gasteiger partial charge in [0.1, 0.15) is 30.2 Å². The molecule has 2 aromatic rings. The highest BCUT2D eigenvalue weighted by Crippen LogP contribution is 2.38. The van der Waals surface area contributed by atoms with Crippen LogP contribution < -0.4 is 0 Å². The number of rotatable bonds is 2. The van der Waals surface area contributed by atoms with Crippen molar-refractivity contribution in [2.75, 3.05) is 0 Å². The van der Waals surface area contributed by atoms with Gasteiger partial charge in [0, 0.05) is 12.5 Å². The lowest BCUT2D eigenvalue weighted by Gasteiger charge is -2.27. The number of allylic oxidation sites excluding steroid dienone is 2. The van der Waals surface area contributed by atoms with Crippen molar-refractivity contribution in [1.29, 1.82) is 0 Å². The van der Waals surface area contributed by atoms with Crippen LogP contribution in [-0.4, -0.2) is 25.7 Å². The number of aliphatic hydroxyl groups excluding tert-OH is 1. The molecule has 2 heterocycles. The maximum atomic E-state index is 11.6. The number of hydrogen-bond donors (Lipinski definition) is 1. The van der Waals surface area contributed by atoms with Crippen LogP contribution >= 0.6 is 0 Å². The third kappa shape index (κ3) is 1.71. The molecule has 92 valence electrons. The highest BCUT2D eigenvalue weighted by Gasteiger charge is 2.36. The molecule has 0 bridgehead atoms. The van der Waals surface area contributed by atoms with E-state index in [1.54, 1.807) is 18.4 Å². The number of hydrogen-bond acceptors (Lipinski definition) is 5. The predicted octanol–water partition coefficient (Wildman–Crippen LogP) is 1.61. The number of aliphatic hydroxyl groups is 1. The number of aromatic nitrogens is 3. The summed E-state index contributed by atoms with van der Waals surface area (Å²) in [5, 5.41) is 14.0. The van der Waals surface area contributed by atoms with Crippen molar-refractivity contribution in [3.63, 3.8) is 0 Å². The van der Waals surface area contributed by atoms with Gasteiger partial charge in [-0.15, -0.1) is 0 Å². The van der Waals surface area contributed by atoms with E-state index in [0.717, 1.165) is 0 Å². The van der Waals surface area contributed by atoms with Crippen LogP contribution in [0, 0.1) is 0 Å². The Kier molecular flexibility index (Phi) is 2.47. The molecular formula is C12H11N3O3. The number of carbonyl (C=O) groups is 1. The third-order valence-electron chi connectivity index (χ3n) is 3.04. The molecule has 3 rings (SSSR count). The van der Waals surface area contributed by atoms with Crippen LogP contribution in [0.3, 0.4) is 0 Å². The number of furan rings is 1. The fourth-order valence-corrected chi connectivity index (χ4v) is 2.28. The SMILES string of the molecule is O=C1C=C(O)[C@H](n2cncn2)[C@@H](c2ccco2)C1. The zero-order chi connectivity index (χ0) is 12.5. The summed E-state index contributed by atoms with van der Waals surface area (Å²) in [5.41, 5.74) is 0. The monoisotopic (exact) mass is 245 g/mol. The van der Waals surface area contributed by atoms with Crippen molar-refractivity contribution < 1.29 is 14.3 Å². The minimum absolute atomic E-state index is 0.0156. The van der Waals surface area contributed by atoms with Crippen molar-refractivity contribution in [3.8, 4) is 0 Å². The predicted molar refractivity (Wildman–Crippen MR) is 60.8 cm³/mol. The molecule has 0 aliphatic heterocycles. The van der Waals surface area contributed by atoms with Crippen LogP contribution in [0.4, 0.5) is 0 Å². The van der Waals surface area contributed by atoms with E-state index >= 15 is 0 Å². The summed E-state index contributed by atoms with van der Waals surface area (Å²) in [5.74, 6) is 0.256. The lowest BCUT2D eigenvalue weighted by Crippen LogP contribution is -2.26. The molecule has 6 heteroatoms. The topological polar surface area (TPSA) is 81.1 Å². The van der Waals surface area contributed by atoms with Crippen molar-refractivity contribution in [2.45, 2.75) is 18.4 Å². The molecule has 18 heavy (non-hydrogen) atoms. The Morgan fingerprint density at radius 3 is 3.06 bits per heavy atom. The zero-order valence-corrected chi connectivity index (χ0v) is 9.43. The quantitative estimate of drug-likeness (QED) is 0.869. The molecule has 1 N–H and O–H groups in total. The van der Waals surface area contributed by atoms with E-state index in [2.05, 4.69) is 10.1 Å². The number of carbonyl (C=O) groups excluding carboxylic acids is 1. The molecule has 0 saturated carbocycles. The zero-order valence-electron chi connectivity index (χ0n) is 9.43. The first kappa shape index (κ1) is 10.8. The largest absolute Gasteiger partial charge is 0.510 e. The lowest BCUT2D eigenvalue weighted by atomic mass is 9.85. The van der Waals surface area contributed by atoms with Gasteiger partial charge in [-0.3, -0.25) is 4.79 Å². The Labute approximate surface area is 103 Å². The smallest absolute Gasteiger partial charge is 0.159 e. The molecule has 0 saturated heterocycles. The second-order valence-electron chi connectivity index (χ2n) is 4.18. The van der Waals surface area contributed by atoms with E-state index in [0.29, 0.717) is 5.76 Å². The minimum atomic E-state index is -0.448. The molecule has 6 nitrogen and oxygen atoms in total. The first-order valence-corrected chi connectivity index (χ1v) is 5.56. The minimum Gasteiger partial charge on any atom is -0.510 e. The summed E-state index contributed by atoms with van der Waals surface area (Å²) < 4.78 is 6.88. The van der Waals surface area contributed by atoms with Crippen LogP contribution in [0.15, 0.2) is 47.3 Å². The van der Waals surface area contributed by atoms with Gasteiger partial charge in [0.25, 0.3) is 0 Å². The van der Waals surface area contributed by atoms with Gasteiger partial charge in [0.2, 0.25) is 0 Å². The van der Waals surface area contributed by atoms with E-state index in [1.807, 2.05) is 0 Å². The van der Waals surface area contributed by atoms with Gasteiger partial charge < -0.3 is 9.52 Å². The third-order valence-corrected chi connectivity index (χ3v) is 3.04. The van der Waals surface area contributed by atoms with Crippen LogP contribution in [0.2, 0.25) is 0 Å². The molecular weight excluding hydrogens is 234 g/mol. The van der Waals surface area contributed by atoms with Crippen molar-refractivity contribution >= 4 is 5.78 Å². The maximum absolute atomic E-state index is 11.6.